The van der Waals surface area contributed by atoms with Gasteiger partial charge in [-0.1, -0.05) is 10.3 Å². The number of ketones is 2. The first-order valence-corrected chi connectivity index (χ1v) is 3.76. The molecule has 6 heteroatoms. The maximum atomic E-state index is 9.79. The van der Waals surface area contributed by atoms with E-state index in [1.165, 1.54) is 27.7 Å². The summed E-state index contributed by atoms with van der Waals surface area (Å²) in [4.78, 5) is 19.6. The van der Waals surface area contributed by atoms with Crippen LogP contribution >= 0.6 is 0 Å². The molecular weight excluding hydrogens is 188 g/mol. The van der Waals surface area contributed by atoms with E-state index in [1.807, 2.05) is 0 Å². The fourth-order valence-corrected chi connectivity index (χ4v) is 0.145. The van der Waals surface area contributed by atoms with Gasteiger partial charge in [0.05, 0.1) is 0 Å². The molecule has 0 aromatic heterocycles. The number of hydrogen-bond acceptors (Lipinski definition) is 6. The molecule has 0 radical (unpaired) electrons. The van der Waals surface area contributed by atoms with Crippen LogP contribution in [0, 0.1) is 0 Å². The van der Waals surface area contributed by atoms with E-state index in [-0.39, 0.29) is 11.6 Å². The molecule has 0 amide bonds. The molecule has 0 aromatic rings. The van der Waals surface area contributed by atoms with Crippen LogP contribution in [-0.2, 0) is 9.59 Å². The molecule has 0 aliphatic rings. The molecule has 0 rings (SSSR count). The Bertz CT molecular complexity index is 241. The average molecular weight is 202 g/mol. The first-order chi connectivity index (χ1) is 6.36. The Balaban J connectivity index is 0. The molecule has 14 heavy (non-hydrogen) atoms. The summed E-state index contributed by atoms with van der Waals surface area (Å²) in [5, 5.41) is 21.6. The van der Waals surface area contributed by atoms with Crippen molar-refractivity contribution in [1.29, 1.82) is 0 Å². The lowest BCUT2D eigenvalue weighted by Gasteiger charge is -1.88. The van der Waals surface area contributed by atoms with Crippen LogP contribution in [0.15, 0.2) is 10.3 Å². The van der Waals surface area contributed by atoms with Crippen LogP contribution in [-0.4, -0.2) is 33.4 Å². The van der Waals surface area contributed by atoms with Gasteiger partial charge in [0.2, 0.25) is 0 Å². The van der Waals surface area contributed by atoms with Gasteiger partial charge in [-0.15, -0.1) is 0 Å². The van der Waals surface area contributed by atoms with Gasteiger partial charge in [0.1, 0.15) is 11.4 Å². The van der Waals surface area contributed by atoms with Crippen LogP contribution in [0.25, 0.3) is 0 Å². The van der Waals surface area contributed by atoms with Crippen molar-refractivity contribution >= 4 is 23.0 Å². The summed E-state index contributed by atoms with van der Waals surface area (Å²) in [6.45, 7) is 5.58. The molecule has 0 aliphatic carbocycles. The van der Waals surface area contributed by atoms with Crippen LogP contribution < -0.4 is 0 Å². The van der Waals surface area contributed by atoms with Crippen LogP contribution in [0.2, 0.25) is 0 Å². The second kappa shape index (κ2) is 7.90. The summed E-state index contributed by atoms with van der Waals surface area (Å²) in [6.07, 6.45) is 0. The van der Waals surface area contributed by atoms with E-state index in [9.17, 15) is 9.59 Å². The molecule has 0 aromatic carbocycles. The third-order valence-electron chi connectivity index (χ3n) is 1.32. The zero-order valence-electron chi connectivity index (χ0n) is 8.61. The van der Waals surface area contributed by atoms with Crippen LogP contribution in [0.4, 0.5) is 0 Å². The number of rotatable bonds is 2. The Kier molecular flexibility index (Phi) is 8.35. The van der Waals surface area contributed by atoms with Gasteiger partial charge >= 0.3 is 0 Å². The van der Waals surface area contributed by atoms with Crippen molar-refractivity contribution in [3.8, 4) is 0 Å². The van der Waals surface area contributed by atoms with E-state index in [0.29, 0.717) is 11.4 Å². The third kappa shape index (κ3) is 8.38. The van der Waals surface area contributed by atoms with Crippen molar-refractivity contribution in [3.05, 3.63) is 0 Å². The number of Topliss-reactive ketones (excluding diaryl/α,β-unsaturated/α-hetero) is 2. The van der Waals surface area contributed by atoms with Crippen LogP contribution in [0.5, 0.6) is 0 Å². The maximum Gasteiger partial charge on any atom is 0.195 e. The molecule has 80 valence electrons. The van der Waals surface area contributed by atoms with Gasteiger partial charge in [0.25, 0.3) is 0 Å². The minimum atomic E-state index is -0.380. The van der Waals surface area contributed by atoms with Gasteiger partial charge in [-0.2, -0.15) is 0 Å². The highest BCUT2D eigenvalue weighted by atomic mass is 16.4. The normalized spacial score (nSPS) is 11.4. The van der Waals surface area contributed by atoms with Gasteiger partial charge in [0.15, 0.2) is 11.6 Å². The molecule has 0 saturated carbocycles. The topological polar surface area (TPSA) is 99.3 Å². The molecular formula is C8H14N2O4. The Morgan fingerprint density at radius 1 is 0.786 bits per heavy atom. The van der Waals surface area contributed by atoms with E-state index < -0.39 is 0 Å². The second-order valence-electron chi connectivity index (χ2n) is 2.48. The number of carbonyl (C=O) groups excluding carboxylic acids is 2. The molecule has 0 aliphatic heterocycles. The maximum absolute atomic E-state index is 9.79. The van der Waals surface area contributed by atoms with Gasteiger partial charge in [-0.05, 0) is 13.8 Å². The van der Waals surface area contributed by atoms with Gasteiger partial charge < -0.3 is 10.4 Å². The lowest BCUT2D eigenvalue weighted by molar-refractivity contribution is -0.134. The summed E-state index contributed by atoms with van der Waals surface area (Å²) >= 11 is 0. The van der Waals surface area contributed by atoms with E-state index in [2.05, 4.69) is 10.3 Å². The zero-order chi connectivity index (χ0) is 11.7. The third-order valence-corrected chi connectivity index (χ3v) is 1.32. The van der Waals surface area contributed by atoms with E-state index in [4.69, 9.17) is 10.4 Å². The smallest absolute Gasteiger partial charge is 0.195 e. The standard InChI is InChI=1S/C4H8N2O2.C4H6O2/c1-3(5-7)4(2)6-8;1-3(5)4(2)6/h7-8H,1-2H3;1-2H3/b5-3-,6-4-;. The fraction of sp³-hybridized carbons (Fsp3) is 0.500. The van der Waals surface area contributed by atoms with Crippen molar-refractivity contribution in [3.63, 3.8) is 0 Å². The van der Waals surface area contributed by atoms with E-state index in [0.717, 1.165) is 0 Å². The summed E-state index contributed by atoms with van der Waals surface area (Å²) in [7, 11) is 0. The first kappa shape index (κ1) is 14.8. The van der Waals surface area contributed by atoms with Crippen LogP contribution in [0.3, 0.4) is 0 Å². The highest BCUT2D eigenvalue weighted by Gasteiger charge is 1.94. The van der Waals surface area contributed by atoms with E-state index >= 15 is 0 Å². The Hall–Kier alpha value is -1.72. The Morgan fingerprint density at radius 3 is 1.07 bits per heavy atom. The predicted molar refractivity (Wildman–Crippen MR) is 51.2 cm³/mol. The molecule has 2 N–H and O–H groups in total. The summed E-state index contributed by atoms with van der Waals surface area (Å²) in [5.74, 6) is -0.759. The minimum absolute atomic E-state index is 0.313. The van der Waals surface area contributed by atoms with Crippen molar-refractivity contribution in [2.45, 2.75) is 27.7 Å². The quantitative estimate of drug-likeness (QED) is 0.300. The molecule has 0 spiro atoms. The minimum Gasteiger partial charge on any atom is -0.411 e. The number of nitrogens with zero attached hydrogens (tertiary/aromatic N) is 2. The SMILES string of the molecule is CC(=N/O)/C(C)=N\O.CC(=O)C(C)=O. The summed E-state index contributed by atoms with van der Waals surface area (Å²) in [6, 6.07) is 0. The van der Waals surface area contributed by atoms with Gasteiger partial charge in [-0.25, -0.2) is 0 Å². The largest absolute Gasteiger partial charge is 0.411 e. The van der Waals surface area contributed by atoms with Gasteiger partial charge in [-0.3, -0.25) is 9.59 Å². The summed E-state index contributed by atoms with van der Waals surface area (Å²) < 4.78 is 0. The molecule has 0 saturated heterocycles. The van der Waals surface area contributed by atoms with Crippen molar-refractivity contribution in [2.75, 3.05) is 0 Å². The highest BCUT2D eigenvalue weighted by molar-refractivity contribution is 6.40. The van der Waals surface area contributed by atoms with Crippen LogP contribution in [0.1, 0.15) is 27.7 Å². The molecule has 0 unspecified atom stereocenters. The second-order valence-corrected chi connectivity index (χ2v) is 2.48. The van der Waals surface area contributed by atoms with E-state index in [1.54, 1.807) is 0 Å². The lowest BCUT2D eigenvalue weighted by Crippen LogP contribution is -2.04. The zero-order valence-corrected chi connectivity index (χ0v) is 8.61. The Labute approximate surface area is 81.9 Å². The number of hydrogen-bond donors (Lipinski definition) is 2. The summed E-state index contributed by atoms with van der Waals surface area (Å²) in [5.41, 5.74) is 0.625. The van der Waals surface area contributed by atoms with Gasteiger partial charge in [0, 0.05) is 13.8 Å². The predicted octanol–water partition coefficient (Wildman–Crippen LogP) is 0.851. The molecule has 0 atom stereocenters. The lowest BCUT2D eigenvalue weighted by atomic mass is 10.3. The number of oxime groups is 2. The molecule has 0 heterocycles. The molecule has 0 fully saturated rings. The fourth-order valence-electron chi connectivity index (χ4n) is 0.145. The van der Waals surface area contributed by atoms with Crippen molar-refractivity contribution in [1.82, 2.24) is 0 Å². The first-order valence-electron chi connectivity index (χ1n) is 3.76. The molecule has 0 bridgehead atoms. The monoisotopic (exact) mass is 202 g/mol. The average Bonchev–Trinajstić information content (AvgIpc) is 2.16. The van der Waals surface area contributed by atoms with Crippen molar-refractivity contribution in [2.24, 2.45) is 10.3 Å². The Morgan fingerprint density at radius 2 is 1.00 bits per heavy atom. The molecule has 6 nitrogen and oxygen atoms in total. The highest BCUT2D eigenvalue weighted by Crippen LogP contribution is 1.79. The van der Waals surface area contributed by atoms with Crippen molar-refractivity contribution < 1.29 is 20.0 Å². The number of carbonyl (C=O) groups is 2.